The number of anilines is 2. The van der Waals surface area contributed by atoms with E-state index in [4.69, 9.17) is 10.5 Å². The van der Waals surface area contributed by atoms with Crippen LogP contribution in [0.3, 0.4) is 0 Å². The molecule has 0 unspecified atom stereocenters. The van der Waals surface area contributed by atoms with Crippen molar-refractivity contribution in [2.24, 2.45) is 0 Å². The molecule has 100 valence electrons. The first-order chi connectivity index (χ1) is 9.20. The lowest BCUT2D eigenvalue weighted by atomic mass is 10.1. The molecule has 0 fully saturated rings. The van der Waals surface area contributed by atoms with Gasteiger partial charge in [-0.1, -0.05) is 24.3 Å². The SMILES string of the molecule is COc1ccc(N)c(NCCc2ccccc2C)n1. The minimum atomic E-state index is 0.563. The maximum Gasteiger partial charge on any atom is 0.215 e. The number of hydrogen-bond donors (Lipinski definition) is 2. The summed E-state index contributed by atoms with van der Waals surface area (Å²) in [6, 6.07) is 11.9. The van der Waals surface area contributed by atoms with Crippen LogP contribution in [-0.2, 0) is 6.42 Å². The van der Waals surface area contributed by atoms with Crippen LogP contribution in [0.1, 0.15) is 11.1 Å². The van der Waals surface area contributed by atoms with Gasteiger partial charge in [-0.15, -0.1) is 0 Å². The maximum atomic E-state index is 5.87. The summed E-state index contributed by atoms with van der Waals surface area (Å²) in [7, 11) is 1.59. The van der Waals surface area contributed by atoms with Gasteiger partial charge in [0.05, 0.1) is 12.8 Å². The highest BCUT2D eigenvalue weighted by Gasteiger charge is 2.03. The van der Waals surface area contributed by atoms with E-state index in [1.807, 2.05) is 6.07 Å². The molecule has 2 aromatic rings. The Morgan fingerprint density at radius 3 is 2.74 bits per heavy atom. The van der Waals surface area contributed by atoms with Gasteiger partial charge in [0, 0.05) is 12.6 Å². The molecule has 4 nitrogen and oxygen atoms in total. The van der Waals surface area contributed by atoms with E-state index in [-0.39, 0.29) is 0 Å². The molecular weight excluding hydrogens is 238 g/mol. The lowest BCUT2D eigenvalue weighted by Gasteiger charge is -2.10. The van der Waals surface area contributed by atoms with Crippen molar-refractivity contribution < 1.29 is 4.74 Å². The predicted molar refractivity (Wildman–Crippen MR) is 78.6 cm³/mol. The van der Waals surface area contributed by atoms with Gasteiger partial charge in [0.15, 0.2) is 5.82 Å². The third kappa shape index (κ3) is 3.37. The molecule has 0 aliphatic carbocycles. The molecule has 1 heterocycles. The second kappa shape index (κ2) is 6.09. The predicted octanol–water partition coefficient (Wildman–Crippen LogP) is 2.64. The van der Waals surface area contributed by atoms with E-state index in [0.29, 0.717) is 17.4 Å². The van der Waals surface area contributed by atoms with Crippen LogP contribution < -0.4 is 15.8 Å². The molecule has 1 aromatic carbocycles. The number of nitrogens with two attached hydrogens (primary N) is 1. The summed E-state index contributed by atoms with van der Waals surface area (Å²) in [4.78, 5) is 4.29. The van der Waals surface area contributed by atoms with Gasteiger partial charge in [-0.25, -0.2) is 0 Å². The molecule has 0 amide bonds. The lowest BCUT2D eigenvalue weighted by Crippen LogP contribution is -2.09. The van der Waals surface area contributed by atoms with Crippen molar-refractivity contribution in [2.75, 3.05) is 24.7 Å². The van der Waals surface area contributed by atoms with E-state index in [9.17, 15) is 0 Å². The van der Waals surface area contributed by atoms with Crippen LogP contribution in [0.25, 0.3) is 0 Å². The van der Waals surface area contributed by atoms with Crippen LogP contribution in [0.4, 0.5) is 11.5 Å². The zero-order valence-electron chi connectivity index (χ0n) is 11.3. The van der Waals surface area contributed by atoms with E-state index < -0.39 is 0 Å². The standard InChI is InChI=1S/C15H19N3O/c1-11-5-3-4-6-12(11)9-10-17-15-13(16)7-8-14(18-15)19-2/h3-8H,9-10,16H2,1-2H3,(H,17,18). The fourth-order valence-corrected chi connectivity index (χ4v) is 1.91. The molecule has 3 N–H and O–H groups in total. The van der Waals surface area contributed by atoms with Gasteiger partial charge in [0.25, 0.3) is 0 Å². The largest absolute Gasteiger partial charge is 0.481 e. The second-order valence-corrected chi connectivity index (χ2v) is 4.39. The molecule has 2 rings (SSSR count). The van der Waals surface area contributed by atoms with Gasteiger partial charge in [0.1, 0.15) is 0 Å². The summed E-state index contributed by atoms with van der Waals surface area (Å²) in [5.74, 6) is 1.24. The van der Waals surface area contributed by atoms with Crippen LogP contribution in [0.15, 0.2) is 36.4 Å². The monoisotopic (exact) mass is 257 g/mol. The topological polar surface area (TPSA) is 60.2 Å². The number of nitrogens with one attached hydrogen (secondary N) is 1. The van der Waals surface area contributed by atoms with E-state index in [1.54, 1.807) is 19.2 Å². The number of aromatic nitrogens is 1. The van der Waals surface area contributed by atoms with Crippen molar-refractivity contribution in [3.05, 3.63) is 47.5 Å². The Balaban J connectivity index is 1.98. The Kier molecular flexibility index (Phi) is 4.23. The normalized spacial score (nSPS) is 10.2. The highest BCUT2D eigenvalue weighted by atomic mass is 16.5. The Labute approximate surface area is 113 Å². The first-order valence-electron chi connectivity index (χ1n) is 6.29. The number of nitrogen functional groups attached to an aromatic ring is 1. The minimum absolute atomic E-state index is 0.563. The summed E-state index contributed by atoms with van der Waals surface area (Å²) in [5.41, 5.74) is 9.13. The van der Waals surface area contributed by atoms with Crippen molar-refractivity contribution in [2.45, 2.75) is 13.3 Å². The van der Waals surface area contributed by atoms with Crippen molar-refractivity contribution in [1.29, 1.82) is 0 Å². The fraction of sp³-hybridized carbons (Fsp3) is 0.267. The number of ether oxygens (including phenoxy) is 1. The molecule has 0 bridgehead atoms. The van der Waals surface area contributed by atoms with Crippen molar-refractivity contribution in [3.63, 3.8) is 0 Å². The van der Waals surface area contributed by atoms with Crippen LogP contribution in [0, 0.1) is 6.92 Å². The molecule has 0 radical (unpaired) electrons. The Bertz CT molecular complexity index is 555. The number of methoxy groups -OCH3 is 1. The molecule has 4 heteroatoms. The molecule has 0 atom stereocenters. The average molecular weight is 257 g/mol. The number of aryl methyl sites for hydroxylation is 1. The first-order valence-corrected chi connectivity index (χ1v) is 6.29. The van der Waals surface area contributed by atoms with E-state index >= 15 is 0 Å². The van der Waals surface area contributed by atoms with Crippen molar-refractivity contribution in [3.8, 4) is 5.88 Å². The maximum absolute atomic E-state index is 5.87. The molecule has 0 aliphatic rings. The highest BCUT2D eigenvalue weighted by Crippen LogP contribution is 2.19. The number of hydrogen-bond acceptors (Lipinski definition) is 4. The molecule has 0 spiro atoms. The molecule has 1 aromatic heterocycles. The molecular formula is C15H19N3O. The molecule has 0 saturated carbocycles. The number of benzene rings is 1. The number of rotatable bonds is 5. The summed E-state index contributed by atoms with van der Waals surface area (Å²) in [6.07, 6.45) is 0.936. The van der Waals surface area contributed by atoms with Gasteiger partial charge < -0.3 is 15.8 Å². The van der Waals surface area contributed by atoms with Crippen molar-refractivity contribution >= 4 is 11.5 Å². The van der Waals surface area contributed by atoms with E-state index in [0.717, 1.165) is 13.0 Å². The number of pyridine rings is 1. The minimum Gasteiger partial charge on any atom is -0.481 e. The quantitative estimate of drug-likeness (QED) is 0.864. The highest BCUT2D eigenvalue weighted by molar-refractivity contribution is 5.61. The van der Waals surface area contributed by atoms with Crippen LogP contribution in [0.5, 0.6) is 5.88 Å². The zero-order chi connectivity index (χ0) is 13.7. The van der Waals surface area contributed by atoms with Crippen molar-refractivity contribution in [1.82, 2.24) is 4.98 Å². The Morgan fingerprint density at radius 1 is 1.21 bits per heavy atom. The second-order valence-electron chi connectivity index (χ2n) is 4.39. The van der Waals surface area contributed by atoms with Gasteiger partial charge >= 0.3 is 0 Å². The van der Waals surface area contributed by atoms with Crippen LogP contribution in [0.2, 0.25) is 0 Å². The molecule has 0 aliphatic heterocycles. The zero-order valence-corrected chi connectivity index (χ0v) is 11.3. The van der Waals surface area contributed by atoms with Gasteiger partial charge in [-0.05, 0) is 30.5 Å². The van der Waals surface area contributed by atoms with E-state index in [1.165, 1.54) is 11.1 Å². The summed E-state index contributed by atoms with van der Waals surface area (Å²) in [6.45, 7) is 2.91. The molecule has 19 heavy (non-hydrogen) atoms. The summed E-state index contributed by atoms with van der Waals surface area (Å²) < 4.78 is 5.09. The Hall–Kier alpha value is -2.23. The third-order valence-electron chi connectivity index (χ3n) is 3.06. The Morgan fingerprint density at radius 2 is 2.00 bits per heavy atom. The van der Waals surface area contributed by atoms with Gasteiger partial charge in [0.2, 0.25) is 5.88 Å². The summed E-state index contributed by atoms with van der Waals surface area (Å²) >= 11 is 0. The fourth-order valence-electron chi connectivity index (χ4n) is 1.91. The summed E-state index contributed by atoms with van der Waals surface area (Å²) in [5, 5.41) is 3.25. The third-order valence-corrected chi connectivity index (χ3v) is 3.06. The molecule has 0 saturated heterocycles. The first kappa shape index (κ1) is 13.2. The van der Waals surface area contributed by atoms with Gasteiger partial charge in [-0.2, -0.15) is 4.98 Å². The average Bonchev–Trinajstić information content (AvgIpc) is 2.43. The van der Waals surface area contributed by atoms with Crippen LogP contribution in [-0.4, -0.2) is 18.6 Å². The van der Waals surface area contributed by atoms with Crippen LogP contribution >= 0.6 is 0 Å². The van der Waals surface area contributed by atoms with Gasteiger partial charge in [-0.3, -0.25) is 0 Å². The lowest BCUT2D eigenvalue weighted by molar-refractivity contribution is 0.398. The van der Waals surface area contributed by atoms with E-state index in [2.05, 4.69) is 35.4 Å². The number of nitrogens with zero attached hydrogens (tertiary/aromatic N) is 1. The smallest absolute Gasteiger partial charge is 0.215 e.